The summed E-state index contributed by atoms with van der Waals surface area (Å²) in [6, 6.07) is -0.558. The third kappa shape index (κ3) is 10.5. The number of ketones is 3. The van der Waals surface area contributed by atoms with Crippen molar-refractivity contribution in [2.45, 2.75) is 87.1 Å². The van der Waals surface area contributed by atoms with Crippen molar-refractivity contribution >= 4 is 23.3 Å². The molecule has 31 heavy (non-hydrogen) atoms. The van der Waals surface area contributed by atoms with Gasteiger partial charge >= 0.3 is 0 Å². The standard InChI is InChI=1S/C25H45NO5/c1-16(2)20(25(30)19(7)8)15-22(28)24(18(5)6)26(9)23(29)12-14-31-13-10-11-21(27)17(3)4/h16-20,24H,10-15H2,1-9H3/t20-,24-/m0/s1. The van der Waals surface area contributed by atoms with E-state index in [0.29, 0.717) is 19.4 Å². The fraction of sp³-hybridized carbons (Fsp3) is 0.840. The van der Waals surface area contributed by atoms with E-state index in [9.17, 15) is 19.2 Å². The molecule has 0 spiro atoms. The number of nitrogens with zero attached hydrogens (tertiary/aromatic N) is 1. The summed E-state index contributed by atoms with van der Waals surface area (Å²) >= 11 is 0. The van der Waals surface area contributed by atoms with Crippen LogP contribution in [0.15, 0.2) is 0 Å². The van der Waals surface area contributed by atoms with Gasteiger partial charge in [-0.1, -0.05) is 55.4 Å². The zero-order valence-electron chi connectivity index (χ0n) is 21.2. The first-order valence-corrected chi connectivity index (χ1v) is 11.7. The average molecular weight is 440 g/mol. The Balaban J connectivity index is 4.79. The van der Waals surface area contributed by atoms with Crippen LogP contribution in [0.25, 0.3) is 0 Å². The van der Waals surface area contributed by atoms with Gasteiger partial charge in [-0.05, 0) is 18.3 Å². The van der Waals surface area contributed by atoms with Crippen LogP contribution in [-0.2, 0) is 23.9 Å². The second-order valence-electron chi connectivity index (χ2n) is 9.86. The molecule has 0 aromatic carbocycles. The molecule has 0 aliphatic carbocycles. The Hall–Kier alpha value is -1.56. The Morgan fingerprint density at radius 1 is 0.742 bits per heavy atom. The van der Waals surface area contributed by atoms with E-state index in [2.05, 4.69) is 0 Å². The molecule has 0 aromatic rings. The zero-order chi connectivity index (χ0) is 24.3. The lowest BCUT2D eigenvalue weighted by molar-refractivity contribution is -0.142. The first-order valence-electron chi connectivity index (χ1n) is 11.7. The highest BCUT2D eigenvalue weighted by atomic mass is 16.5. The summed E-state index contributed by atoms with van der Waals surface area (Å²) in [6.07, 6.45) is 1.48. The Morgan fingerprint density at radius 3 is 1.77 bits per heavy atom. The lowest BCUT2D eigenvalue weighted by atomic mass is 9.80. The van der Waals surface area contributed by atoms with Crippen molar-refractivity contribution in [2.24, 2.45) is 29.6 Å². The fourth-order valence-corrected chi connectivity index (χ4v) is 3.70. The minimum absolute atomic E-state index is 0.0341. The van der Waals surface area contributed by atoms with Gasteiger partial charge in [-0.25, -0.2) is 0 Å². The number of ether oxygens (including phenoxy) is 1. The van der Waals surface area contributed by atoms with E-state index >= 15 is 0 Å². The van der Waals surface area contributed by atoms with Crippen LogP contribution in [0.4, 0.5) is 0 Å². The summed E-state index contributed by atoms with van der Waals surface area (Å²) < 4.78 is 5.51. The summed E-state index contributed by atoms with van der Waals surface area (Å²) in [5.41, 5.74) is 0. The zero-order valence-corrected chi connectivity index (χ0v) is 21.2. The molecule has 0 saturated heterocycles. The largest absolute Gasteiger partial charge is 0.381 e. The molecule has 6 nitrogen and oxygen atoms in total. The number of rotatable bonds is 16. The number of Topliss-reactive ketones (excluding diaryl/α,β-unsaturated/α-hetero) is 3. The number of carbonyl (C=O) groups is 4. The molecule has 0 unspecified atom stereocenters. The molecular weight excluding hydrogens is 394 g/mol. The van der Waals surface area contributed by atoms with E-state index in [0.717, 1.165) is 0 Å². The molecule has 0 bridgehead atoms. The van der Waals surface area contributed by atoms with Crippen molar-refractivity contribution in [1.82, 2.24) is 4.90 Å². The summed E-state index contributed by atoms with van der Waals surface area (Å²) in [5, 5.41) is 0. The number of likely N-dealkylation sites (N-methyl/N-ethyl adjacent to an activating group) is 1. The van der Waals surface area contributed by atoms with Crippen molar-refractivity contribution in [3.8, 4) is 0 Å². The third-order valence-corrected chi connectivity index (χ3v) is 5.75. The summed E-state index contributed by atoms with van der Waals surface area (Å²) in [7, 11) is 1.65. The smallest absolute Gasteiger partial charge is 0.225 e. The fourth-order valence-electron chi connectivity index (χ4n) is 3.70. The number of hydrogen-bond donors (Lipinski definition) is 0. The number of hydrogen-bond acceptors (Lipinski definition) is 5. The predicted molar refractivity (Wildman–Crippen MR) is 124 cm³/mol. The van der Waals surface area contributed by atoms with E-state index in [-0.39, 0.29) is 72.3 Å². The molecule has 1 amide bonds. The van der Waals surface area contributed by atoms with Crippen molar-refractivity contribution in [3.05, 3.63) is 0 Å². The molecule has 0 rings (SSSR count). The van der Waals surface area contributed by atoms with Crippen LogP contribution in [0.3, 0.4) is 0 Å². The first-order chi connectivity index (χ1) is 14.3. The van der Waals surface area contributed by atoms with Crippen LogP contribution in [0.5, 0.6) is 0 Å². The number of carbonyl (C=O) groups excluding carboxylic acids is 4. The van der Waals surface area contributed by atoms with Crippen molar-refractivity contribution in [1.29, 1.82) is 0 Å². The topological polar surface area (TPSA) is 80.8 Å². The van der Waals surface area contributed by atoms with Gasteiger partial charge < -0.3 is 9.64 Å². The minimum Gasteiger partial charge on any atom is -0.381 e. The van der Waals surface area contributed by atoms with Crippen LogP contribution >= 0.6 is 0 Å². The first kappa shape index (κ1) is 29.4. The third-order valence-electron chi connectivity index (χ3n) is 5.75. The van der Waals surface area contributed by atoms with Gasteiger partial charge in [0.05, 0.1) is 19.1 Å². The molecule has 0 fully saturated rings. The second-order valence-corrected chi connectivity index (χ2v) is 9.86. The van der Waals surface area contributed by atoms with E-state index in [1.165, 1.54) is 4.90 Å². The molecule has 0 saturated carbocycles. The Morgan fingerprint density at radius 2 is 1.32 bits per heavy atom. The maximum Gasteiger partial charge on any atom is 0.225 e. The molecule has 0 aliphatic heterocycles. The monoisotopic (exact) mass is 439 g/mol. The van der Waals surface area contributed by atoms with Crippen LogP contribution in [0, 0.1) is 29.6 Å². The summed E-state index contributed by atoms with van der Waals surface area (Å²) in [6.45, 7) is 15.9. The molecule has 0 N–H and O–H groups in total. The molecule has 6 heteroatoms. The van der Waals surface area contributed by atoms with Gasteiger partial charge in [-0.2, -0.15) is 0 Å². The van der Waals surface area contributed by atoms with Gasteiger partial charge in [0.2, 0.25) is 5.91 Å². The van der Waals surface area contributed by atoms with Gasteiger partial charge in [-0.3, -0.25) is 19.2 Å². The van der Waals surface area contributed by atoms with Crippen molar-refractivity contribution in [2.75, 3.05) is 20.3 Å². The molecule has 0 aliphatic rings. The van der Waals surface area contributed by atoms with E-state index < -0.39 is 6.04 Å². The molecule has 0 heterocycles. The SMILES string of the molecule is CC(C)C(=O)CCCOCCC(=O)N(C)[C@H](C(=O)C[C@H](C(=O)C(C)C)C(C)C)C(C)C. The Kier molecular flexibility index (Phi) is 13.8. The molecule has 2 atom stereocenters. The lowest BCUT2D eigenvalue weighted by Crippen LogP contribution is -2.47. The van der Waals surface area contributed by atoms with Crippen LogP contribution in [0.1, 0.15) is 81.1 Å². The summed E-state index contributed by atoms with van der Waals surface area (Å²) in [4.78, 5) is 51.4. The highest BCUT2D eigenvalue weighted by Crippen LogP contribution is 2.24. The van der Waals surface area contributed by atoms with Crippen LogP contribution < -0.4 is 0 Å². The van der Waals surface area contributed by atoms with Gasteiger partial charge in [-0.15, -0.1) is 0 Å². The van der Waals surface area contributed by atoms with Gasteiger partial charge in [0.1, 0.15) is 11.6 Å². The van der Waals surface area contributed by atoms with Crippen LogP contribution in [0.2, 0.25) is 0 Å². The van der Waals surface area contributed by atoms with E-state index in [1.807, 2.05) is 55.4 Å². The molecule has 180 valence electrons. The van der Waals surface area contributed by atoms with Gasteiger partial charge in [0.15, 0.2) is 5.78 Å². The highest BCUT2D eigenvalue weighted by molar-refractivity contribution is 5.93. The van der Waals surface area contributed by atoms with Crippen molar-refractivity contribution in [3.63, 3.8) is 0 Å². The average Bonchev–Trinajstić information content (AvgIpc) is 2.66. The second kappa shape index (κ2) is 14.5. The normalized spacial score (nSPS) is 13.7. The highest BCUT2D eigenvalue weighted by Gasteiger charge is 2.34. The molecule has 0 radical (unpaired) electrons. The van der Waals surface area contributed by atoms with E-state index in [4.69, 9.17) is 4.74 Å². The van der Waals surface area contributed by atoms with E-state index in [1.54, 1.807) is 7.05 Å². The lowest BCUT2D eigenvalue weighted by Gasteiger charge is -2.32. The van der Waals surface area contributed by atoms with Crippen LogP contribution in [-0.4, -0.2) is 54.5 Å². The molecular formula is C25H45NO5. The maximum atomic E-state index is 13.1. The Labute approximate surface area is 189 Å². The minimum atomic E-state index is -0.558. The molecule has 0 aromatic heterocycles. The predicted octanol–water partition coefficient (Wildman–Crippen LogP) is 4.34. The maximum absolute atomic E-state index is 13.1. The Bertz CT molecular complexity index is 595. The summed E-state index contributed by atoms with van der Waals surface area (Å²) in [5.74, 6) is -0.285. The van der Waals surface area contributed by atoms with Gasteiger partial charge in [0.25, 0.3) is 0 Å². The quantitative estimate of drug-likeness (QED) is 0.334. The van der Waals surface area contributed by atoms with Gasteiger partial charge in [0, 0.05) is 44.2 Å². The number of amides is 1. The van der Waals surface area contributed by atoms with Crippen molar-refractivity contribution < 1.29 is 23.9 Å².